The number of aliphatic carboxylic acids is 1. The average Bonchev–Trinajstić information content (AvgIpc) is 3.07. The zero-order valence-electron chi connectivity index (χ0n) is 14.5. The molecule has 1 saturated carbocycles. The second-order valence-corrected chi connectivity index (χ2v) is 7.57. The van der Waals surface area contributed by atoms with Gasteiger partial charge in [0.2, 0.25) is 0 Å². The van der Waals surface area contributed by atoms with Gasteiger partial charge in [0.05, 0.1) is 12.2 Å². The molecule has 0 aromatic heterocycles. The maximum absolute atomic E-state index is 12.5. The number of likely N-dealkylation sites (tertiary alicyclic amines) is 1. The standard InChI is InChI=1S/C18H29NO5/c1-12-2-4-13(5-3-12)23-14-8-10-19(11-9-14)17(20)15-6-7-16(24-15)18(21)22/h12-16H,2-11H2,1H3,(H,21,22)/t12?,13?,15-,16+/m0/s1. The number of nitrogens with zero attached hydrogens (tertiary/aromatic N) is 1. The van der Waals surface area contributed by atoms with E-state index in [1.807, 2.05) is 4.90 Å². The number of carboxylic acids is 1. The molecule has 0 bridgehead atoms. The highest BCUT2D eigenvalue weighted by atomic mass is 16.5. The van der Waals surface area contributed by atoms with E-state index in [1.165, 1.54) is 12.8 Å². The Hall–Kier alpha value is -1.14. The summed E-state index contributed by atoms with van der Waals surface area (Å²) in [5.41, 5.74) is 0. The van der Waals surface area contributed by atoms with E-state index in [1.54, 1.807) is 0 Å². The maximum Gasteiger partial charge on any atom is 0.332 e. The molecule has 3 fully saturated rings. The normalized spacial score (nSPS) is 35.1. The highest BCUT2D eigenvalue weighted by molar-refractivity contribution is 5.82. The molecule has 3 aliphatic rings. The Bertz CT molecular complexity index is 452. The number of ether oxygens (including phenoxy) is 2. The summed E-state index contributed by atoms with van der Waals surface area (Å²) in [6, 6.07) is 0. The van der Waals surface area contributed by atoms with E-state index in [9.17, 15) is 9.59 Å². The summed E-state index contributed by atoms with van der Waals surface area (Å²) in [4.78, 5) is 25.2. The van der Waals surface area contributed by atoms with Crippen LogP contribution in [0.3, 0.4) is 0 Å². The van der Waals surface area contributed by atoms with E-state index in [-0.39, 0.29) is 12.0 Å². The first-order chi connectivity index (χ1) is 11.5. The smallest absolute Gasteiger partial charge is 0.332 e. The predicted molar refractivity (Wildman–Crippen MR) is 87.6 cm³/mol. The minimum atomic E-state index is -0.973. The number of carboxylic acid groups (broad SMARTS) is 1. The number of hydrogen-bond acceptors (Lipinski definition) is 4. The Morgan fingerprint density at radius 1 is 0.917 bits per heavy atom. The predicted octanol–water partition coefficient (Wildman–Crippen LogP) is 2.20. The summed E-state index contributed by atoms with van der Waals surface area (Å²) >= 11 is 0. The van der Waals surface area contributed by atoms with Crippen LogP contribution in [0.1, 0.15) is 58.3 Å². The molecule has 6 nitrogen and oxygen atoms in total. The highest BCUT2D eigenvalue weighted by Gasteiger charge is 2.38. The van der Waals surface area contributed by atoms with Gasteiger partial charge in [0, 0.05) is 13.1 Å². The molecular weight excluding hydrogens is 310 g/mol. The number of carbonyl (C=O) groups is 2. The van der Waals surface area contributed by atoms with Crippen LogP contribution in [0.4, 0.5) is 0 Å². The molecule has 24 heavy (non-hydrogen) atoms. The third-order valence-electron chi connectivity index (χ3n) is 5.67. The van der Waals surface area contributed by atoms with E-state index >= 15 is 0 Å². The van der Waals surface area contributed by atoms with E-state index < -0.39 is 18.2 Å². The van der Waals surface area contributed by atoms with Crippen LogP contribution in [0.2, 0.25) is 0 Å². The van der Waals surface area contributed by atoms with Crippen molar-refractivity contribution in [1.29, 1.82) is 0 Å². The lowest BCUT2D eigenvalue weighted by Crippen LogP contribution is -2.46. The summed E-state index contributed by atoms with van der Waals surface area (Å²) in [5, 5.41) is 8.96. The van der Waals surface area contributed by atoms with Gasteiger partial charge in [-0.25, -0.2) is 4.79 Å². The summed E-state index contributed by atoms with van der Waals surface area (Å²) in [7, 11) is 0. The van der Waals surface area contributed by atoms with Gasteiger partial charge in [0.1, 0.15) is 6.10 Å². The maximum atomic E-state index is 12.5. The van der Waals surface area contributed by atoms with E-state index in [4.69, 9.17) is 14.6 Å². The first-order valence-corrected chi connectivity index (χ1v) is 9.35. The molecule has 1 N–H and O–H groups in total. The van der Waals surface area contributed by atoms with Crippen molar-refractivity contribution in [2.45, 2.75) is 82.7 Å². The minimum Gasteiger partial charge on any atom is -0.479 e. The Balaban J connectivity index is 1.40. The summed E-state index contributed by atoms with van der Waals surface area (Å²) in [6.07, 6.45) is 6.73. The molecule has 2 aliphatic heterocycles. The third kappa shape index (κ3) is 4.28. The van der Waals surface area contributed by atoms with Crippen LogP contribution in [0.15, 0.2) is 0 Å². The van der Waals surface area contributed by atoms with Crippen molar-refractivity contribution in [1.82, 2.24) is 4.90 Å². The fraction of sp³-hybridized carbons (Fsp3) is 0.889. The van der Waals surface area contributed by atoms with E-state index in [0.717, 1.165) is 31.6 Å². The molecule has 1 amide bonds. The van der Waals surface area contributed by atoms with Gasteiger partial charge < -0.3 is 19.5 Å². The number of carbonyl (C=O) groups excluding carboxylic acids is 1. The lowest BCUT2D eigenvalue weighted by molar-refractivity contribution is -0.156. The van der Waals surface area contributed by atoms with Crippen LogP contribution in [0, 0.1) is 5.92 Å². The van der Waals surface area contributed by atoms with Crippen LogP contribution in [-0.4, -0.2) is 59.4 Å². The molecule has 6 heteroatoms. The SMILES string of the molecule is CC1CCC(OC2CCN(C(=O)[C@@H]3CC[C@H](C(=O)O)O3)CC2)CC1. The fourth-order valence-corrected chi connectivity index (χ4v) is 4.05. The second-order valence-electron chi connectivity index (χ2n) is 7.57. The average molecular weight is 339 g/mol. The van der Waals surface area contributed by atoms with Crippen molar-refractivity contribution >= 4 is 11.9 Å². The lowest BCUT2D eigenvalue weighted by atomic mass is 9.88. The van der Waals surface area contributed by atoms with Crippen LogP contribution < -0.4 is 0 Å². The molecule has 0 aromatic carbocycles. The highest BCUT2D eigenvalue weighted by Crippen LogP contribution is 2.29. The van der Waals surface area contributed by atoms with Gasteiger partial charge in [0.25, 0.3) is 5.91 Å². The molecule has 0 spiro atoms. The molecule has 2 atom stereocenters. The Labute approximate surface area is 143 Å². The van der Waals surface area contributed by atoms with Gasteiger partial charge in [-0.1, -0.05) is 6.92 Å². The number of hydrogen-bond donors (Lipinski definition) is 1. The van der Waals surface area contributed by atoms with Gasteiger partial charge in [-0.15, -0.1) is 0 Å². The monoisotopic (exact) mass is 339 g/mol. The number of rotatable bonds is 4. The van der Waals surface area contributed by atoms with Crippen molar-refractivity contribution in [2.75, 3.05) is 13.1 Å². The van der Waals surface area contributed by atoms with Crippen molar-refractivity contribution in [3.05, 3.63) is 0 Å². The molecule has 0 radical (unpaired) electrons. The van der Waals surface area contributed by atoms with Gasteiger partial charge in [-0.3, -0.25) is 4.79 Å². The zero-order chi connectivity index (χ0) is 17.1. The molecule has 1 aliphatic carbocycles. The summed E-state index contributed by atoms with van der Waals surface area (Å²) < 4.78 is 11.6. The van der Waals surface area contributed by atoms with E-state index in [2.05, 4.69) is 6.92 Å². The first-order valence-electron chi connectivity index (χ1n) is 9.35. The van der Waals surface area contributed by atoms with Crippen LogP contribution >= 0.6 is 0 Å². The second kappa shape index (κ2) is 7.83. The minimum absolute atomic E-state index is 0.0521. The molecule has 2 heterocycles. The van der Waals surface area contributed by atoms with Crippen molar-refractivity contribution in [3.63, 3.8) is 0 Å². The van der Waals surface area contributed by atoms with Gasteiger partial charge in [-0.2, -0.15) is 0 Å². The molecular formula is C18H29NO5. The molecule has 2 saturated heterocycles. The summed E-state index contributed by atoms with van der Waals surface area (Å²) in [6.45, 7) is 3.68. The molecule has 136 valence electrons. The van der Waals surface area contributed by atoms with Crippen molar-refractivity contribution in [2.24, 2.45) is 5.92 Å². The van der Waals surface area contributed by atoms with Crippen LogP contribution in [0.5, 0.6) is 0 Å². The van der Waals surface area contributed by atoms with E-state index in [0.29, 0.717) is 32.0 Å². The summed E-state index contributed by atoms with van der Waals surface area (Å²) in [5.74, 6) is -0.201. The topological polar surface area (TPSA) is 76.1 Å². The van der Waals surface area contributed by atoms with Gasteiger partial charge >= 0.3 is 5.97 Å². The van der Waals surface area contributed by atoms with Crippen LogP contribution in [-0.2, 0) is 19.1 Å². The van der Waals surface area contributed by atoms with Gasteiger partial charge in [-0.05, 0) is 57.3 Å². The van der Waals surface area contributed by atoms with Crippen molar-refractivity contribution in [3.8, 4) is 0 Å². The Kier molecular flexibility index (Phi) is 5.76. The Morgan fingerprint density at radius 2 is 1.50 bits per heavy atom. The quantitative estimate of drug-likeness (QED) is 0.850. The van der Waals surface area contributed by atoms with Crippen molar-refractivity contribution < 1.29 is 24.2 Å². The fourth-order valence-electron chi connectivity index (χ4n) is 4.05. The Morgan fingerprint density at radius 3 is 2.08 bits per heavy atom. The molecule has 3 rings (SSSR count). The largest absolute Gasteiger partial charge is 0.479 e. The number of amides is 1. The van der Waals surface area contributed by atoms with Gasteiger partial charge in [0.15, 0.2) is 6.10 Å². The zero-order valence-corrected chi connectivity index (χ0v) is 14.5. The first kappa shape index (κ1) is 17.7. The molecule has 0 unspecified atom stereocenters. The number of piperidine rings is 1. The molecule has 0 aromatic rings. The lowest BCUT2D eigenvalue weighted by Gasteiger charge is -2.36. The third-order valence-corrected chi connectivity index (χ3v) is 5.67. The van der Waals surface area contributed by atoms with Crippen LogP contribution in [0.25, 0.3) is 0 Å².